The number of Topliss-reactive ketones (excluding diaryl/α,β-unsaturated/α-hetero) is 1. The predicted octanol–water partition coefficient (Wildman–Crippen LogP) is 3.49. The number of hydrogen-bond donors (Lipinski definition) is 1. The fourth-order valence-electron chi connectivity index (χ4n) is 2.60. The second kappa shape index (κ2) is 7.66. The van der Waals surface area contributed by atoms with Gasteiger partial charge in [0.25, 0.3) is 0 Å². The van der Waals surface area contributed by atoms with Gasteiger partial charge in [-0.1, -0.05) is 38.1 Å². The van der Waals surface area contributed by atoms with Gasteiger partial charge in [-0.15, -0.1) is 12.4 Å². The number of carbonyl (C=O) groups excluding carboxylic acids is 1. The number of rotatable bonds is 4. The number of ketones is 1. The van der Waals surface area contributed by atoms with Crippen LogP contribution in [0.5, 0.6) is 0 Å². The summed E-state index contributed by atoms with van der Waals surface area (Å²) in [4.78, 5) is 12.3. The third-order valence-electron chi connectivity index (χ3n) is 3.59. The van der Waals surface area contributed by atoms with Crippen molar-refractivity contribution in [2.75, 3.05) is 13.1 Å². The highest BCUT2D eigenvalue weighted by Crippen LogP contribution is 2.19. The molecule has 1 saturated heterocycles. The van der Waals surface area contributed by atoms with E-state index in [1.165, 1.54) is 5.56 Å². The Hall–Kier alpha value is -0.860. The van der Waals surface area contributed by atoms with E-state index in [2.05, 4.69) is 31.3 Å². The van der Waals surface area contributed by atoms with Crippen LogP contribution in [0.1, 0.15) is 42.6 Å². The highest BCUT2D eigenvalue weighted by Gasteiger charge is 2.21. The molecule has 0 atom stereocenters. The molecule has 1 aliphatic rings. The molecule has 0 unspecified atom stereocenters. The van der Waals surface area contributed by atoms with Crippen molar-refractivity contribution in [1.82, 2.24) is 5.32 Å². The van der Waals surface area contributed by atoms with Crippen LogP contribution in [-0.4, -0.2) is 18.9 Å². The lowest BCUT2D eigenvalue weighted by Gasteiger charge is -2.21. The van der Waals surface area contributed by atoms with Crippen LogP contribution in [0.15, 0.2) is 24.3 Å². The van der Waals surface area contributed by atoms with Gasteiger partial charge in [0.05, 0.1) is 0 Å². The zero-order chi connectivity index (χ0) is 13.0. The van der Waals surface area contributed by atoms with Gasteiger partial charge in [-0.05, 0) is 43.8 Å². The number of piperidine rings is 1. The van der Waals surface area contributed by atoms with Crippen molar-refractivity contribution >= 4 is 18.2 Å². The third kappa shape index (κ3) is 4.63. The SMILES string of the molecule is CC(C)Cc1ccc(C(=O)C2CCNCC2)cc1.Cl. The van der Waals surface area contributed by atoms with E-state index in [4.69, 9.17) is 0 Å². The first-order valence-corrected chi connectivity index (χ1v) is 7.00. The molecule has 0 radical (unpaired) electrons. The molecule has 1 fully saturated rings. The van der Waals surface area contributed by atoms with Gasteiger partial charge in [-0.25, -0.2) is 0 Å². The normalized spacial score (nSPS) is 16.2. The summed E-state index contributed by atoms with van der Waals surface area (Å²) in [5, 5.41) is 3.30. The molecule has 0 spiro atoms. The summed E-state index contributed by atoms with van der Waals surface area (Å²) in [6.07, 6.45) is 3.04. The Morgan fingerprint density at radius 3 is 2.32 bits per heavy atom. The number of halogens is 1. The van der Waals surface area contributed by atoms with Crippen LogP contribution in [0, 0.1) is 11.8 Å². The van der Waals surface area contributed by atoms with Crippen molar-refractivity contribution < 1.29 is 4.79 Å². The third-order valence-corrected chi connectivity index (χ3v) is 3.59. The Labute approximate surface area is 122 Å². The monoisotopic (exact) mass is 281 g/mol. The van der Waals surface area contributed by atoms with Gasteiger partial charge >= 0.3 is 0 Å². The standard InChI is InChI=1S/C16H23NO.ClH/c1-12(2)11-13-3-5-14(6-4-13)16(18)15-7-9-17-10-8-15;/h3-6,12,15,17H,7-11H2,1-2H3;1H. The highest BCUT2D eigenvalue weighted by molar-refractivity contribution is 5.97. The quantitative estimate of drug-likeness (QED) is 0.856. The Bertz CT molecular complexity index is 394. The summed E-state index contributed by atoms with van der Waals surface area (Å²) < 4.78 is 0. The van der Waals surface area contributed by atoms with Crippen molar-refractivity contribution in [3.05, 3.63) is 35.4 Å². The summed E-state index contributed by atoms with van der Waals surface area (Å²) in [6, 6.07) is 8.22. The van der Waals surface area contributed by atoms with Crippen LogP contribution < -0.4 is 5.32 Å². The summed E-state index contributed by atoms with van der Waals surface area (Å²) in [5.41, 5.74) is 2.21. The molecule has 0 saturated carbocycles. The summed E-state index contributed by atoms with van der Waals surface area (Å²) in [5.74, 6) is 1.21. The molecule has 0 aromatic heterocycles. The second-order valence-corrected chi connectivity index (χ2v) is 5.68. The molecule has 0 bridgehead atoms. The zero-order valence-corrected chi connectivity index (χ0v) is 12.6. The summed E-state index contributed by atoms with van der Waals surface area (Å²) >= 11 is 0. The molecule has 0 aliphatic carbocycles. The average Bonchev–Trinajstić information content (AvgIpc) is 2.39. The zero-order valence-electron chi connectivity index (χ0n) is 11.8. The first kappa shape index (κ1) is 16.2. The Morgan fingerprint density at radius 2 is 1.79 bits per heavy atom. The lowest BCUT2D eigenvalue weighted by Crippen LogP contribution is -2.31. The van der Waals surface area contributed by atoms with Crippen LogP contribution in [0.3, 0.4) is 0 Å². The Morgan fingerprint density at radius 1 is 1.21 bits per heavy atom. The molecule has 2 nitrogen and oxygen atoms in total. The van der Waals surface area contributed by atoms with E-state index >= 15 is 0 Å². The topological polar surface area (TPSA) is 29.1 Å². The average molecular weight is 282 g/mol. The lowest BCUT2D eigenvalue weighted by atomic mass is 9.89. The van der Waals surface area contributed by atoms with Gasteiger partial charge < -0.3 is 5.32 Å². The maximum atomic E-state index is 12.3. The lowest BCUT2D eigenvalue weighted by molar-refractivity contribution is 0.0895. The molecular weight excluding hydrogens is 258 g/mol. The van der Waals surface area contributed by atoms with Crippen molar-refractivity contribution in [2.45, 2.75) is 33.1 Å². The van der Waals surface area contributed by atoms with E-state index in [0.29, 0.717) is 11.7 Å². The molecular formula is C16H24ClNO. The molecule has 0 amide bonds. The Balaban J connectivity index is 0.00000180. The molecule has 1 heterocycles. The maximum absolute atomic E-state index is 12.3. The largest absolute Gasteiger partial charge is 0.317 e. The van der Waals surface area contributed by atoms with Crippen molar-refractivity contribution in [3.8, 4) is 0 Å². The molecule has 3 heteroatoms. The van der Waals surface area contributed by atoms with E-state index in [0.717, 1.165) is 37.9 Å². The molecule has 1 aromatic carbocycles. The van der Waals surface area contributed by atoms with Gasteiger partial charge in [0, 0.05) is 11.5 Å². The molecule has 2 rings (SSSR count). The first-order chi connectivity index (χ1) is 8.66. The molecule has 1 aromatic rings. The van der Waals surface area contributed by atoms with Gasteiger partial charge in [0.2, 0.25) is 0 Å². The molecule has 1 aliphatic heterocycles. The van der Waals surface area contributed by atoms with Crippen LogP contribution in [0.2, 0.25) is 0 Å². The van der Waals surface area contributed by atoms with Crippen molar-refractivity contribution in [3.63, 3.8) is 0 Å². The fraction of sp³-hybridized carbons (Fsp3) is 0.562. The Kier molecular flexibility index (Phi) is 6.53. The first-order valence-electron chi connectivity index (χ1n) is 7.00. The van der Waals surface area contributed by atoms with Crippen molar-refractivity contribution in [1.29, 1.82) is 0 Å². The fourth-order valence-corrected chi connectivity index (χ4v) is 2.60. The maximum Gasteiger partial charge on any atom is 0.166 e. The highest BCUT2D eigenvalue weighted by atomic mass is 35.5. The predicted molar refractivity (Wildman–Crippen MR) is 82.2 cm³/mol. The number of carbonyl (C=O) groups is 1. The minimum Gasteiger partial charge on any atom is -0.317 e. The molecule has 106 valence electrons. The van der Waals surface area contributed by atoms with E-state index in [-0.39, 0.29) is 18.3 Å². The second-order valence-electron chi connectivity index (χ2n) is 5.68. The van der Waals surface area contributed by atoms with Crippen LogP contribution in [0.25, 0.3) is 0 Å². The van der Waals surface area contributed by atoms with Crippen LogP contribution in [-0.2, 0) is 6.42 Å². The van der Waals surface area contributed by atoms with Gasteiger partial charge in [-0.3, -0.25) is 4.79 Å². The minimum atomic E-state index is 0. The summed E-state index contributed by atoms with van der Waals surface area (Å²) in [7, 11) is 0. The molecule has 1 N–H and O–H groups in total. The van der Waals surface area contributed by atoms with Crippen LogP contribution in [0.4, 0.5) is 0 Å². The summed E-state index contributed by atoms with van der Waals surface area (Å²) in [6.45, 7) is 6.38. The van der Waals surface area contributed by atoms with Gasteiger partial charge in [0.15, 0.2) is 5.78 Å². The van der Waals surface area contributed by atoms with Gasteiger partial charge in [0.1, 0.15) is 0 Å². The molecule has 19 heavy (non-hydrogen) atoms. The minimum absolute atomic E-state index is 0. The number of benzene rings is 1. The smallest absolute Gasteiger partial charge is 0.166 e. The van der Waals surface area contributed by atoms with E-state index in [1.807, 2.05) is 12.1 Å². The van der Waals surface area contributed by atoms with Gasteiger partial charge in [-0.2, -0.15) is 0 Å². The van der Waals surface area contributed by atoms with E-state index in [9.17, 15) is 4.79 Å². The van der Waals surface area contributed by atoms with Crippen molar-refractivity contribution in [2.24, 2.45) is 11.8 Å². The van der Waals surface area contributed by atoms with E-state index in [1.54, 1.807) is 0 Å². The number of hydrogen-bond acceptors (Lipinski definition) is 2. The number of nitrogens with one attached hydrogen (secondary N) is 1. The van der Waals surface area contributed by atoms with Crippen LogP contribution >= 0.6 is 12.4 Å². The van der Waals surface area contributed by atoms with E-state index < -0.39 is 0 Å².